The minimum absolute atomic E-state index is 0.0936. The van der Waals surface area contributed by atoms with Crippen molar-refractivity contribution in [3.8, 4) is 0 Å². The van der Waals surface area contributed by atoms with Crippen LogP contribution in [0, 0.1) is 0 Å². The van der Waals surface area contributed by atoms with Crippen LogP contribution in [0.15, 0.2) is 52.6 Å². The van der Waals surface area contributed by atoms with E-state index in [9.17, 15) is 4.79 Å². The maximum atomic E-state index is 12.2. The third-order valence-corrected chi connectivity index (χ3v) is 5.53. The van der Waals surface area contributed by atoms with Crippen molar-refractivity contribution in [3.05, 3.63) is 47.6 Å². The molecule has 2 aromatic rings. The van der Waals surface area contributed by atoms with Gasteiger partial charge in [0.1, 0.15) is 0 Å². The zero-order valence-corrected chi connectivity index (χ0v) is 15.0. The molecule has 25 heavy (non-hydrogen) atoms. The summed E-state index contributed by atoms with van der Waals surface area (Å²) in [7, 11) is 0. The second kappa shape index (κ2) is 7.35. The van der Waals surface area contributed by atoms with Crippen LogP contribution < -0.4 is 5.32 Å². The van der Waals surface area contributed by atoms with Gasteiger partial charge in [0.25, 0.3) is 0 Å². The Morgan fingerprint density at radius 3 is 3.16 bits per heavy atom. The van der Waals surface area contributed by atoms with Gasteiger partial charge in [-0.05, 0) is 35.8 Å². The highest BCUT2D eigenvalue weighted by atomic mass is 32.2. The number of aryl methyl sites for hydroxylation is 1. The van der Waals surface area contributed by atoms with E-state index in [0.717, 1.165) is 43.3 Å². The number of rotatable bonds is 6. The Balaban J connectivity index is 1.23. The monoisotopic (exact) mass is 354 g/mol. The molecule has 5 nitrogen and oxygen atoms in total. The molecule has 1 amide bonds. The fourth-order valence-corrected chi connectivity index (χ4v) is 4.27. The molecule has 0 fully saturated rings. The predicted molar refractivity (Wildman–Crippen MR) is 103 cm³/mol. The minimum Gasteiger partial charge on any atom is -0.356 e. The summed E-state index contributed by atoms with van der Waals surface area (Å²) in [5.74, 6) is 0.0936. The summed E-state index contributed by atoms with van der Waals surface area (Å²) in [6.45, 7) is 3.49. The highest BCUT2D eigenvalue weighted by Gasteiger charge is 2.25. The molecule has 0 atom stereocenters. The maximum absolute atomic E-state index is 12.2. The fraction of sp³-hybridized carbons (Fsp3) is 0.368. The molecule has 2 aliphatic rings. The molecule has 0 aliphatic carbocycles. The van der Waals surface area contributed by atoms with Crippen LogP contribution in [0.1, 0.15) is 19.3 Å². The van der Waals surface area contributed by atoms with Gasteiger partial charge in [0.05, 0.1) is 6.42 Å². The van der Waals surface area contributed by atoms with E-state index in [0.29, 0.717) is 13.0 Å². The maximum Gasteiger partial charge on any atom is 0.225 e. The van der Waals surface area contributed by atoms with Gasteiger partial charge in [-0.25, -0.2) is 0 Å². The highest BCUT2D eigenvalue weighted by Crippen LogP contribution is 2.30. The minimum atomic E-state index is 0.0936. The largest absolute Gasteiger partial charge is 0.356 e. The predicted octanol–water partition coefficient (Wildman–Crippen LogP) is 3.19. The van der Waals surface area contributed by atoms with E-state index in [4.69, 9.17) is 0 Å². The number of amidine groups is 1. The first-order chi connectivity index (χ1) is 12.3. The zero-order chi connectivity index (χ0) is 17.1. The van der Waals surface area contributed by atoms with E-state index in [2.05, 4.69) is 61.7 Å². The van der Waals surface area contributed by atoms with Gasteiger partial charge >= 0.3 is 0 Å². The van der Waals surface area contributed by atoms with Crippen molar-refractivity contribution in [3.63, 3.8) is 0 Å². The summed E-state index contributed by atoms with van der Waals surface area (Å²) in [5.41, 5.74) is 2.33. The SMILES string of the molecule is O=C(CC1=CSC2=NCCCN12)NCCCn1ccc2ccccc21. The number of fused-ring (bicyclic) bond motifs is 2. The second-order valence-corrected chi connectivity index (χ2v) is 7.18. The summed E-state index contributed by atoms with van der Waals surface area (Å²) in [6.07, 6.45) is 4.55. The Labute approximate surface area is 151 Å². The lowest BCUT2D eigenvalue weighted by molar-refractivity contribution is -0.120. The van der Waals surface area contributed by atoms with Crippen molar-refractivity contribution in [1.29, 1.82) is 0 Å². The van der Waals surface area contributed by atoms with E-state index >= 15 is 0 Å². The standard InChI is InChI=1S/C19H22N4OS/c24-18(13-16-14-25-19-21-9-4-11-23(16)19)20-8-3-10-22-12-7-15-5-1-2-6-17(15)22/h1-2,5-7,12,14H,3-4,8-11,13H2,(H,20,24). The van der Waals surface area contributed by atoms with E-state index in [-0.39, 0.29) is 5.91 Å². The van der Waals surface area contributed by atoms with E-state index < -0.39 is 0 Å². The molecule has 0 bridgehead atoms. The van der Waals surface area contributed by atoms with Crippen molar-refractivity contribution in [2.45, 2.75) is 25.8 Å². The average molecular weight is 354 g/mol. The number of nitrogens with zero attached hydrogens (tertiary/aromatic N) is 3. The van der Waals surface area contributed by atoms with E-state index in [1.54, 1.807) is 11.8 Å². The smallest absolute Gasteiger partial charge is 0.225 e. The first-order valence-corrected chi connectivity index (χ1v) is 9.67. The van der Waals surface area contributed by atoms with Crippen LogP contribution in [-0.2, 0) is 11.3 Å². The molecule has 0 radical (unpaired) electrons. The molecule has 1 aromatic carbocycles. The number of hydrogen-bond acceptors (Lipinski definition) is 4. The first kappa shape index (κ1) is 16.3. The summed E-state index contributed by atoms with van der Waals surface area (Å²) in [4.78, 5) is 18.9. The number of para-hydroxylation sites is 1. The summed E-state index contributed by atoms with van der Waals surface area (Å²) < 4.78 is 2.24. The van der Waals surface area contributed by atoms with Gasteiger partial charge in [-0.15, -0.1) is 0 Å². The third-order valence-electron chi connectivity index (χ3n) is 4.58. The second-order valence-electron chi connectivity index (χ2n) is 6.34. The van der Waals surface area contributed by atoms with Crippen LogP contribution in [0.3, 0.4) is 0 Å². The lowest BCUT2D eigenvalue weighted by atomic mass is 10.2. The van der Waals surface area contributed by atoms with Crippen LogP contribution in [0.5, 0.6) is 0 Å². The molecule has 6 heteroatoms. The summed E-state index contributed by atoms with van der Waals surface area (Å²) in [6, 6.07) is 10.5. The van der Waals surface area contributed by atoms with Gasteiger partial charge in [-0.2, -0.15) is 0 Å². The molecule has 3 heterocycles. The lowest BCUT2D eigenvalue weighted by Crippen LogP contribution is -2.33. The van der Waals surface area contributed by atoms with Gasteiger partial charge in [0, 0.05) is 43.6 Å². The number of aliphatic imine (C=N–C) groups is 1. The number of amides is 1. The molecule has 1 aromatic heterocycles. The van der Waals surface area contributed by atoms with Crippen molar-refractivity contribution in [2.24, 2.45) is 4.99 Å². The van der Waals surface area contributed by atoms with Gasteiger partial charge in [-0.1, -0.05) is 30.0 Å². The molecular weight excluding hydrogens is 332 g/mol. The molecule has 1 N–H and O–H groups in total. The van der Waals surface area contributed by atoms with Crippen LogP contribution >= 0.6 is 11.8 Å². The third kappa shape index (κ3) is 3.58. The first-order valence-electron chi connectivity index (χ1n) is 8.79. The number of nitrogens with one attached hydrogen (secondary N) is 1. The van der Waals surface area contributed by atoms with Crippen molar-refractivity contribution in [1.82, 2.24) is 14.8 Å². The Morgan fingerprint density at radius 1 is 1.28 bits per heavy atom. The van der Waals surface area contributed by atoms with Gasteiger partial charge in [-0.3, -0.25) is 9.79 Å². The number of carbonyl (C=O) groups is 1. The number of thioether (sulfide) groups is 1. The Hall–Kier alpha value is -2.21. The summed E-state index contributed by atoms with van der Waals surface area (Å²) in [5, 5.41) is 7.42. The normalized spacial score (nSPS) is 16.6. The van der Waals surface area contributed by atoms with E-state index in [1.807, 2.05) is 0 Å². The van der Waals surface area contributed by atoms with Gasteiger partial charge in [0.2, 0.25) is 5.91 Å². The molecular formula is C19H22N4OS. The quantitative estimate of drug-likeness (QED) is 0.811. The number of carbonyl (C=O) groups excluding carboxylic acids is 1. The van der Waals surface area contributed by atoms with Gasteiger partial charge in [0.15, 0.2) is 5.17 Å². The van der Waals surface area contributed by atoms with E-state index in [1.165, 1.54) is 10.9 Å². The molecule has 130 valence electrons. The Morgan fingerprint density at radius 2 is 2.20 bits per heavy atom. The molecule has 4 rings (SSSR count). The highest BCUT2D eigenvalue weighted by molar-refractivity contribution is 8.16. The average Bonchev–Trinajstić information content (AvgIpc) is 3.24. The molecule has 0 saturated heterocycles. The van der Waals surface area contributed by atoms with Crippen molar-refractivity contribution in [2.75, 3.05) is 19.6 Å². The van der Waals surface area contributed by atoms with Crippen molar-refractivity contribution >= 4 is 33.7 Å². The van der Waals surface area contributed by atoms with Crippen LogP contribution in [0.25, 0.3) is 10.9 Å². The zero-order valence-electron chi connectivity index (χ0n) is 14.1. The Kier molecular flexibility index (Phi) is 4.78. The number of hydrogen-bond donors (Lipinski definition) is 1. The number of benzene rings is 1. The number of aromatic nitrogens is 1. The van der Waals surface area contributed by atoms with Crippen LogP contribution in [-0.4, -0.2) is 40.2 Å². The topological polar surface area (TPSA) is 49.6 Å². The molecule has 2 aliphatic heterocycles. The molecule has 0 unspecified atom stereocenters. The van der Waals surface area contributed by atoms with Gasteiger partial charge < -0.3 is 14.8 Å². The molecule has 0 saturated carbocycles. The van der Waals surface area contributed by atoms with Crippen molar-refractivity contribution < 1.29 is 4.79 Å². The lowest BCUT2D eigenvalue weighted by Gasteiger charge is -2.25. The summed E-state index contributed by atoms with van der Waals surface area (Å²) >= 11 is 1.63. The fourth-order valence-electron chi connectivity index (χ4n) is 3.31. The van der Waals surface area contributed by atoms with Crippen LogP contribution in [0.4, 0.5) is 0 Å². The molecule has 0 spiro atoms. The van der Waals surface area contributed by atoms with Crippen LogP contribution in [0.2, 0.25) is 0 Å². The Bertz CT molecular complexity index is 839.